The normalized spacial score (nSPS) is 11.9. The van der Waals surface area contributed by atoms with Gasteiger partial charge in [0.25, 0.3) is 0 Å². The second-order valence-corrected chi connectivity index (χ2v) is 4.18. The van der Waals surface area contributed by atoms with Gasteiger partial charge in [-0.15, -0.1) is 0 Å². The van der Waals surface area contributed by atoms with E-state index in [4.69, 9.17) is 9.47 Å². The van der Waals surface area contributed by atoms with Crippen molar-refractivity contribution >= 4 is 5.97 Å². The van der Waals surface area contributed by atoms with E-state index in [9.17, 15) is 4.79 Å². The Labute approximate surface area is 111 Å². The Bertz CT molecular complexity index is 537. The molecule has 0 saturated carbocycles. The van der Waals surface area contributed by atoms with Crippen LogP contribution in [0, 0.1) is 0 Å². The molecule has 100 valence electrons. The maximum atomic E-state index is 11.9. The lowest BCUT2D eigenvalue weighted by atomic mass is 10.2. The van der Waals surface area contributed by atoms with Crippen LogP contribution < -0.4 is 4.74 Å². The fourth-order valence-corrected chi connectivity index (χ4v) is 1.71. The van der Waals surface area contributed by atoms with E-state index in [1.807, 2.05) is 19.2 Å². The molecule has 1 aromatic carbocycles. The van der Waals surface area contributed by atoms with E-state index in [1.165, 1.54) is 0 Å². The molecule has 0 amide bonds. The molecule has 19 heavy (non-hydrogen) atoms. The lowest BCUT2D eigenvalue weighted by molar-refractivity contribution is 0.0298. The van der Waals surface area contributed by atoms with E-state index < -0.39 is 0 Å². The number of carbonyl (C=O) groups excluding carboxylic acids is 1. The smallest absolute Gasteiger partial charge is 0.338 e. The zero-order valence-electron chi connectivity index (χ0n) is 10.9. The van der Waals surface area contributed by atoms with E-state index >= 15 is 0 Å². The summed E-state index contributed by atoms with van der Waals surface area (Å²) >= 11 is 0. The quantitative estimate of drug-likeness (QED) is 0.773. The number of hydrogen-bond acceptors (Lipinski definition) is 4. The van der Waals surface area contributed by atoms with Gasteiger partial charge >= 0.3 is 5.97 Å². The Balaban J connectivity index is 1.96. The van der Waals surface area contributed by atoms with Gasteiger partial charge < -0.3 is 9.47 Å². The molecular formula is C14H16N2O3. The molecule has 0 saturated heterocycles. The number of esters is 1. The van der Waals surface area contributed by atoms with Gasteiger partial charge in [-0.2, -0.15) is 5.10 Å². The van der Waals surface area contributed by atoms with Crippen LogP contribution in [0.1, 0.15) is 17.3 Å². The number of ether oxygens (including phenoxy) is 2. The number of carbonyl (C=O) groups is 1. The third kappa shape index (κ3) is 3.58. The summed E-state index contributed by atoms with van der Waals surface area (Å²) in [6.45, 7) is 2.36. The number of aromatic nitrogens is 2. The summed E-state index contributed by atoms with van der Waals surface area (Å²) in [7, 11) is 1.56. The van der Waals surface area contributed by atoms with Crippen molar-refractivity contribution in [2.45, 2.75) is 19.6 Å². The maximum Gasteiger partial charge on any atom is 0.338 e. The highest BCUT2D eigenvalue weighted by Crippen LogP contribution is 2.14. The van der Waals surface area contributed by atoms with Crippen LogP contribution in [0.4, 0.5) is 0 Å². The molecule has 0 aliphatic heterocycles. The Kier molecular flexibility index (Phi) is 4.18. The number of rotatable bonds is 5. The summed E-state index contributed by atoms with van der Waals surface area (Å²) < 4.78 is 12.2. The van der Waals surface area contributed by atoms with Crippen molar-refractivity contribution in [1.29, 1.82) is 0 Å². The first-order valence-electron chi connectivity index (χ1n) is 6.01. The van der Waals surface area contributed by atoms with E-state index in [2.05, 4.69) is 5.10 Å². The molecular weight excluding hydrogens is 244 g/mol. The first-order valence-corrected chi connectivity index (χ1v) is 6.01. The van der Waals surface area contributed by atoms with Crippen LogP contribution in [0.5, 0.6) is 5.75 Å². The van der Waals surface area contributed by atoms with Gasteiger partial charge in [0.05, 0.1) is 19.2 Å². The molecule has 0 radical (unpaired) electrons. The highest BCUT2D eigenvalue weighted by Gasteiger charge is 2.13. The summed E-state index contributed by atoms with van der Waals surface area (Å²) in [5, 5.41) is 4.07. The zero-order chi connectivity index (χ0) is 13.7. The largest absolute Gasteiger partial charge is 0.497 e. The van der Waals surface area contributed by atoms with E-state index in [1.54, 1.807) is 42.3 Å². The van der Waals surface area contributed by atoms with Crippen LogP contribution in [-0.2, 0) is 11.3 Å². The number of benzene rings is 1. The van der Waals surface area contributed by atoms with Gasteiger partial charge in [-0.05, 0) is 31.2 Å². The maximum absolute atomic E-state index is 11.9. The molecule has 0 unspecified atom stereocenters. The SMILES string of the molecule is COc1cccc(C(=O)O[C@@H](C)Cn2cccn2)c1. The third-order valence-corrected chi connectivity index (χ3v) is 2.62. The van der Waals surface area contributed by atoms with Crippen LogP contribution in [0.15, 0.2) is 42.7 Å². The summed E-state index contributed by atoms with van der Waals surface area (Å²) in [5.74, 6) is 0.271. The summed E-state index contributed by atoms with van der Waals surface area (Å²) in [5.41, 5.74) is 0.478. The molecule has 0 aliphatic carbocycles. The second kappa shape index (κ2) is 6.04. The highest BCUT2D eigenvalue weighted by atomic mass is 16.5. The topological polar surface area (TPSA) is 53.4 Å². The molecule has 1 atom stereocenters. The number of methoxy groups -OCH3 is 1. The predicted octanol–water partition coefficient (Wildman–Crippen LogP) is 2.14. The minimum atomic E-state index is -0.362. The number of nitrogens with zero attached hydrogens (tertiary/aromatic N) is 2. The fourth-order valence-electron chi connectivity index (χ4n) is 1.71. The third-order valence-electron chi connectivity index (χ3n) is 2.62. The Morgan fingerprint density at radius 1 is 1.42 bits per heavy atom. The predicted molar refractivity (Wildman–Crippen MR) is 70.1 cm³/mol. The minimum absolute atomic E-state index is 0.251. The van der Waals surface area contributed by atoms with Crippen LogP contribution in [0.25, 0.3) is 0 Å². The summed E-state index contributed by atoms with van der Waals surface area (Å²) in [6.07, 6.45) is 3.27. The van der Waals surface area contributed by atoms with E-state index in [0.717, 1.165) is 0 Å². The van der Waals surface area contributed by atoms with Gasteiger partial charge in [0.2, 0.25) is 0 Å². The average molecular weight is 260 g/mol. The number of hydrogen-bond donors (Lipinski definition) is 0. The van der Waals surface area contributed by atoms with Gasteiger partial charge in [-0.1, -0.05) is 6.07 Å². The molecule has 0 spiro atoms. The van der Waals surface area contributed by atoms with Crippen LogP contribution in [0.2, 0.25) is 0 Å². The lowest BCUT2D eigenvalue weighted by Gasteiger charge is -2.13. The van der Waals surface area contributed by atoms with Crippen molar-refractivity contribution in [3.05, 3.63) is 48.3 Å². The molecule has 0 fully saturated rings. The van der Waals surface area contributed by atoms with Gasteiger partial charge in [0.1, 0.15) is 11.9 Å². The van der Waals surface area contributed by atoms with Crippen molar-refractivity contribution < 1.29 is 14.3 Å². The van der Waals surface area contributed by atoms with Crippen LogP contribution in [-0.4, -0.2) is 29.0 Å². The van der Waals surface area contributed by atoms with Crippen molar-refractivity contribution in [1.82, 2.24) is 9.78 Å². The molecule has 0 aliphatic rings. The van der Waals surface area contributed by atoms with Gasteiger partial charge in [-0.3, -0.25) is 4.68 Å². The molecule has 2 rings (SSSR count). The second-order valence-electron chi connectivity index (χ2n) is 4.18. The molecule has 0 bridgehead atoms. The fraction of sp³-hybridized carbons (Fsp3) is 0.286. The van der Waals surface area contributed by atoms with Gasteiger partial charge in [0, 0.05) is 12.4 Å². The van der Waals surface area contributed by atoms with Crippen molar-refractivity contribution in [3.8, 4) is 5.75 Å². The molecule has 1 heterocycles. The molecule has 2 aromatic rings. The highest BCUT2D eigenvalue weighted by molar-refractivity contribution is 5.89. The van der Waals surface area contributed by atoms with Crippen molar-refractivity contribution in [3.63, 3.8) is 0 Å². The van der Waals surface area contributed by atoms with Gasteiger partial charge in [0.15, 0.2) is 0 Å². The summed E-state index contributed by atoms with van der Waals surface area (Å²) in [6, 6.07) is 8.72. The lowest BCUT2D eigenvalue weighted by Crippen LogP contribution is -2.21. The van der Waals surface area contributed by atoms with Crippen LogP contribution in [0.3, 0.4) is 0 Å². The standard InChI is InChI=1S/C14H16N2O3/c1-11(10-16-8-4-7-15-16)19-14(17)12-5-3-6-13(9-12)18-2/h3-9,11H,10H2,1-2H3/t11-/m0/s1. The van der Waals surface area contributed by atoms with Crippen LogP contribution >= 0.6 is 0 Å². The first-order chi connectivity index (χ1) is 9.19. The molecule has 5 nitrogen and oxygen atoms in total. The van der Waals surface area contributed by atoms with Crippen molar-refractivity contribution in [2.75, 3.05) is 7.11 Å². The van der Waals surface area contributed by atoms with Crippen molar-refractivity contribution in [2.24, 2.45) is 0 Å². The van der Waals surface area contributed by atoms with E-state index in [0.29, 0.717) is 17.9 Å². The molecule has 1 aromatic heterocycles. The Morgan fingerprint density at radius 2 is 2.26 bits per heavy atom. The first kappa shape index (κ1) is 13.1. The minimum Gasteiger partial charge on any atom is -0.497 e. The molecule has 0 N–H and O–H groups in total. The monoisotopic (exact) mass is 260 g/mol. The zero-order valence-corrected chi connectivity index (χ0v) is 10.9. The Hall–Kier alpha value is -2.30. The van der Waals surface area contributed by atoms with Gasteiger partial charge in [-0.25, -0.2) is 4.79 Å². The Morgan fingerprint density at radius 3 is 2.95 bits per heavy atom. The average Bonchev–Trinajstić information content (AvgIpc) is 2.91. The molecule has 5 heteroatoms. The summed E-state index contributed by atoms with van der Waals surface area (Å²) in [4.78, 5) is 11.9. The van der Waals surface area contributed by atoms with E-state index in [-0.39, 0.29) is 12.1 Å².